The molecule has 0 aliphatic heterocycles. The molecule has 7 nitrogen and oxygen atoms in total. The van der Waals surface area contributed by atoms with Gasteiger partial charge < -0.3 is 9.84 Å². The molecule has 0 fully saturated rings. The van der Waals surface area contributed by atoms with Gasteiger partial charge in [-0.15, -0.1) is 5.10 Å². The Kier molecular flexibility index (Phi) is 4.58. The van der Waals surface area contributed by atoms with E-state index in [0.29, 0.717) is 10.8 Å². The number of thiophene rings is 1. The molecule has 23 heavy (non-hydrogen) atoms. The number of hydrogen-bond acceptors (Lipinski definition) is 8. The quantitative estimate of drug-likeness (QED) is 0.559. The number of ether oxygens (including phenoxy) is 1. The summed E-state index contributed by atoms with van der Waals surface area (Å²) in [5, 5.41) is 24.7. The average molecular weight is 348 g/mol. The first-order valence-corrected chi connectivity index (χ1v) is 8.35. The second kappa shape index (κ2) is 6.80. The van der Waals surface area contributed by atoms with Gasteiger partial charge in [0.1, 0.15) is 11.0 Å². The van der Waals surface area contributed by atoms with E-state index in [4.69, 9.17) is 4.74 Å². The molecule has 0 amide bonds. The van der Waals surface area contributed by atoms with Gasteiger partial charge in [0.2, 0.25) is 5.16 Å². The molecule has 1 atom stereocenters. The van der Waals surface area contributed by atoms with Crippen LogP contribution in [0.2, 0.25) is 0 Å². The number of rotatable bonds is 5. The number of esters is 1. The third-order valence-electron chi connectivity index (χ3n) is 3.02. The monoisotopic (exact) mass is 348 g/mol. The van der Waals surface area contributed by atoms with Crippen LogP contribution in [-0.4, -0.2) is 38.4 Å². The van der Waals surface area contributed by atoms with Crippen molar-refractivity contribution in [2.75, 3.05) is 7.11 Å². The fourth-order valence-corrected chi connectivity index (χ4v) is 3.68. The fourth-order valence-electron chi connectivity index (χ4n) is 1.90. The number of carbonyl (C=O) groups is 1. The van der Waals surface area contributed by atoms with Crippen LogP contribution in [0.25, 0.3) is 5.69 Å². The minimum atomic E-state index is -0.548. The van der Waals surface area contributed by atoms with Crippen molar-refractivity contribution >= 4 is 29.1 Å². The third kappa shape index (κ3) is 3.35. The zero-order valence-electron chi connectivity index (χ0n) is 12.0. The summed E-state index contributed by atoms with van der Waals surface area (Å²) in [7, 11) is 1.35. The second-order valence-electron chi connectivity index (χ2n) is 4.47. The van der Waals surface area contributed by atoms with Gasteiger partial charge in [-0.2, -0.15) is 16.0 Å². The Hall–Kier alpha value is -2.39. The summed E-state index contributed by atoms with van der Waals surface area (Å²) in [5.41, 5.74) is 1.52. The minimum absolute atomic E-state index is 0.154. The number of aromatic nitrogens is 4. The van der Waals surface area contributed by atoms with Crippen LogP contribution in [0.5, 0.6) is 5.75 Å². The van der Waals surface area contributed by atoms with Crippen LogP contribution in [0.1, 0.15) is 10.8 Å². The van der Waals surface area contributed by atoms with Gasteiger partial charge in [-0.05, 0) is 57.1 Å². The molecule has 0 spiro atoms. The number of tetrazole rings is 1. The summed E-state index contributed by atoms with van der Waals surface area (Å²) < 4.78 is 6.39. The highest BCUT2D eigenvalue weighted by atomic mass is 32.2. The van der Waals surface area contributed by atoms with E-state index < -0.39 is 5.25 Å². The van der Waals surface area contributed by atoms with Crippen molar-refractivity contribution in [1.29, 1.82) is 0 Å². The fraction of sp³-hybridized carbons (Fsp3) is 0.143. The Balaban J connectivity index is 1.91. The average Bonchev–Trinajstić information content (AvgIpc) is 3.24. The summed E-state index contributed by atoms with van der Waals surface area (Å²) in [5.74, 6) is -0.213. The van der Waals surface area contributed by atoms with Crippen LogP contribution < -0.4 is 0 Å². The van der Waals surface area contributed by atoms with E-state index in [1.807, 2.05) is 16.8 Å². The number of hydrogen-bond donors (Lipinski definition) is 1. The number of aromatic hydroxyl groups is 1. The van der Waals surface area contributed by atoms with Gasteiger partial charge in [0.05, 0.1) is 12.8 Å². The first kappa shape index (κ1) is 15.5. The van der Waals surface area contributed by atoms with Gasteiger partial charge in [-0.1, -0.05) is 11.8 Å². The molecule has 2 heterocycles. The van der Waals surface area contributed by atoms with Gasteiger partial charge in [0.15, 0.2) is 0 Å². The largest absolute Gasteiger partial charge is 0.508 e. The molecule has 1 N–H and O–H groups in total. The van der Waals surface area contributed by atoms with Crippen LogP contribution in [0, 0.1) is 0 Å². The van der Waals surface area contributed by atoms with Crippen molar-refractivity contribution in [1.82, 2.24) is 20.2 Å². The van der Waals surface area contributed by atoms with Crippen LogP contribution in [0.3, 0.4) is 0 Å². The van der Waals surface area contributed by atoms with Crippen molar-refractivity contribution in [3.05, 3.63) is 46.7 Å². The van der Waals surface area contributed by atoms with Crippen molar-refractivity contribution in [3.8, 4) is 11.4 Å². The van der Waals surface area contributed by atoms with E-state index in [1.54, 1.807) is 24.3 Å². The first-order valence-electron chi connectivity index (χ1n) is 6.53. The molecular weight excluding hydrogens is 336 g/mol. The van der Waals surface area contributed by atoms with Gasteiger partial charge in [-0.3, -0.25) is 4.79 Å². The van der Waals surface area contributed by atoms with E-state index in [0.717, 1.165) is 5.56 Å². The van der Waals surface area contributed by atoms with Crippen LogP contribution in [0.4, 0.5) is 0 Å². The van der Waals surface area contributed by atoms with Crippen LogP contribution >= 0.6 is 23.1 Å². The molecule has 0 saturated carbocycles. The number of nitrogens with zero attached hydrogens (tertiary/aromatic N) is 4. The smallest absolute Gasteiger partial charge is 0.323 e. The molecule has 0 radical (unpaired) electrons. The molecule has 3 rings (SSSR count). The van der Waals surface area contributed by atoms with Crippen molar-refractivity contribution < 1.29 is 14.6 Å². The summed E-state index contributed by atoms with van der Waals surface area (Å²) in [6.07, 6.45) is 0. The van der Waals surface area contributed by atoms with Crippen molar-refractivity contribution in [2.24, 2.45) is 0 Å². The zero-order chi connectivity index (χ0) is 16.2. The molecule has 1 aromatic carbocycles. The highest BCUT2D eigenvalue weighted by Crippen LogP contribution is 2.36. The molecule has 9 heteroatoms. The van der Waals surface area contributed by atoms with Crippen LogP contribution in [-0.2, 0) is 9.53 Å². The Morgan fingerprint density at radius 1 is 1.35 bits per heavy atom. The number of phenolic OH excluding ortho intramolecular Hbond substituents is 1. The zero-order valence-corrected chi connectivity index (χ0v) is 13.6. The molecule has 0 bridgehead atoms. The third-order valence-corrected chi connectivity index (χ3v) is 4.89. The normalized spacial score (nSPS) is 12.0. The topological polar surface area (TPSA) is 90.1 Å². The highest BCUT2D eigenvalue weighted by molar-refractivity contribution is 8.00. The van der Waals surface area contributed by atoms with E-state index in [2.05, 4.69) is 15.5 Å². The SMILES string of the molecule is COC(=O)[C@@H](Sc1nnnn1-c1ccc(O)cc1)c1ccsc1. The molecule has 0 aliphatic carbocycles. The number of carbonyl (C=O) groups excluding carboxylic acids is 1. The Morgan fingerprint density at radius 3 is 2.78 bits per heavy atom. The lowest BCUT2D eigenvalue weighted by Gasteiger charge is -2.12. The van der Waals surface area contributed by atoms with Gasteiger partial charge in [0.25, 0.3) is 0 Å². The summed E-state index contributed by atoms with van der Waals surface area (Å²) in [6.45, 7) is 0. The molecular formula is C14H12N4O3S2. The van der Waals surface area contributed by atoms with Gasteiger partial charge in [-0.25, -0.2) is 0 Å². The standard InChI is InChI=1S/C14H12N4O3S2/c1-21-13(20)12(9-6-7-22-8-9)23-14-15-16-17-18(14)10-2-4-11(19)5-3-10/h2-8,12,19H,1H3/t12-/m0/s1. The van der Waals surface area contributed by atoms with Gasteiger partial charge in [0, 0.05) is 0 Å². The lowest BCUT2D eigenvalue weighted by molar-refractivity contribution is -0.140. The first-order chi connectivity index (χ1) is 11.2. The molecule has 2 aromatic heterocycles. The lowest BCUT2D eigenvalue weighted by atomic mass is 10.2. The number of benzene rings is 1. The summed E-state index contributed by atoms with van der Waals surface area (Å²) >= 11 is 2.71. The van der Waals surface area contributed by atoms with Crippen LogP contribution in [0.15, 0.2) is 46.2 Å². The summed E-state index contributed by atoms with van der Waals surface area (Å²) in [6, 6.07) is 8.33. The van der Waals surface area contributed by atoms with Crippen molar-refractivity contribution in [2.45, 2.75) is 10.4 Å². The number of thioether (sulfide) groups is 1. The Bertz CT molecular complexity index is 787. The number of methoxy groups -OCH3 is 1. The minimum Gasteiger partial charge on any atom is -0.508 e. The van der Waals surface area contributed by atoms with E-state index >= 15 is 0 Å². The maximum atomic E-state index is 12.1. The summed E-state index contributed by atoms with van der Waals surface area (Å²) in [4.78, 5) is 12.1. The molecule has 3 aromatic rings. The molecule has 118 valence electrons. The molecule has 0 saturated heterocycles. The molecule has 0 unspecified atom stereocenters. The second-order valence-corrected chi connectivity index (χ2v) is 6.32. The lowest BCUT2D eigenvalue weighted by Crippen LogP contribution is -2.11. The van der Waals surface area contributed by atoms with E-state index in [1.165, 1.54) is 34.9 Å². The Labute approximate surface area is 139 Å². The van der Waals surface area contributed by atoms with Gasteiger partial charge >= 0.3 is 5.97 Å². The van der Waals surface area contributed by atoms with Crippen molar-refractivity contribution in [3.63, 3.8) is 0 Å². The number of phenols is 1. The van der Waals surface area contributed by atoms with E-state index in [-0.39, 0.29) is 11.7 Å². The predicted molar refractivity (Wildman–Crippen MR) is 85.8 cm³/mol. The maximum absolute atomic E-state index is 12.1. The van der Waals surface area contributed by atoms with E-state index in [9.17, 15) is 9.90 Å². The predicted octanol–water partition coefficient (Wildman–Crippen LogP) is 2.44. The maximum Gasteiger partial charge on any atom is 0.323 e. The Morgan fingerprint density at radius 2 is 2.13 bits per heavy atom. The molecule has 0 aliphatic rings. The highest BCUT2D eigenvalue weighted by Gasteiger charge is 2.26.